The van der Waals surface area contributed by atoms with E-state index in [1.807, 2.05) is 0 Å². The minimum atomic E-state index is 0.310. The van der Waals surface area contributed by atoms with Crippen molar-refractivity contribution in [1.82, 2.24) is 14.9 Å². The number of aromatic nitrogens is 2. The topological polar surface area (TPSA) is 58.3 Å². The summed E-state index contributed by atoms with van der Waals surface area (Å²) in [4.78, 5) is 14.9. The predicted octanol–water partition coefficient (Wildman–Crippen LogP) is 3.91. The fourth-order valence-corrected chi connectivity index (χ4v) is 6.54. The van der Waals surface area contributed by atoms with Crippen LogP contribution in [0.15, 0.2) is 0 Å². The maximum Gasteiger partial charge on any atom is 0.222 e. The number of piperidine rings is 1. The van der Waals surface area contributed by atoms with Crippen LogP contribution in [0, 0.1) is 5.92 Å². The SMILES string of the molecule is Nc1nc(N2CCCC(CCN3CCCC3)C2)c2c(n1)C1(CCCC1)CCC2. The molecule has 1 aromatic rings. The molecule has 0 amide bonds. The van der Waals surface area contributed by atoms with Gasteiger partial charge in [0.05, 0.1) is 5.69 Å². The first-order valence-corrected chi connectivity index (χ1v) is 11.9. The van der Waals surface area contributed by atoms with E-state index >= 15 is 0 Å². The monoisotopic (exact) mass is 383 g/mol. The maximum absolute atomic E-state index is 6.26. The first kappa shape index (κ1) is 18.7. The van der Waals surface area contributed by atoms with Crippen molar-refractivity contribution in [2.24, 2.45) is 5.92 Å². The smallest absolute Gasteiger partial charge is 0.222 e. The van der Waals surface area contributed by atoms with Crippen LogP contribution in [-0.4, -0.2) is 47.6 Å². The summed E-state index contributed by atoms with van der Waals surface area (Å²) in [7, 11) is 0. The van der Waals surface area contributed by atoms with Crippen LogP contribution in [-0.2, 0) is 11.8 Å². The first-order valence-electron chi connectivity index (χ1n) is 11.9. The van der Waals surface area contributed by atoms with Gasteiger partial charge in [0, 0.05) is 24.1 Å². The van der Waals surface area contributed by atoms with Gasteiger partial charge in [-0.15, -0.1) is 0 Å². The number of anilines is 2. The molecule has 1 saturated carbocycles. The van der Waals surface area contributed by atoms with Gasteiger partial charge in [0.15, 0.2) is 0 Å². The van der Waals surface area contributed by atoms with Gasteiger partial charge in [0.25, 0.3) is 0 Å². The van der Waals surface area contributed by atoms with Crippen molar-refractivity contribution in [2.45, 2.75) is 82.5 Å². The molecule has 3 fully saturated rings. The number of rotatable bonds is 4. The van der Waals surface area contributed by atoms with E-state index in [4.69, 9.17) is 15.7 Å². The molecular formula is C23H37N5. The third kappa shape index (κ3) is 3.51. The van der Waals surface area contributed by atoms with Crippen molar-refractivity contribution < 1.29 is 0 Å². The number of nitrogen functional groups attached to an aromatic ring is 1. The third-order valence-electron chi connectivity index (χ3n) is 8.02. The fourth-order valence-electron chi connectivity index (χ4n) is 6.54. The number of hydrogen-bond donors (Lipinski definition) is 1. The van der Waals surface area contributed by atoms with Crippen LogP contribution in [0.2, 0.25) is 0 Å². The lowest BCUT2D eigenvalue weighted by atomic mass is 9.71. The summed E-state index contributed by atoms with van der Waals surface area (Å²) in [6.07, 6.45) is 15.8. The maximum atomic E-state index is 6.26. The van der Waals surface area contributed by atoms with Crippen molar-refractivity contribution in [3.05, 3.63) is 11.3 Å². The molecule has 2 aliphatic carbocycles. The van der Waals surface area contributed by atoms with Crippen LogP contribution in [0.5, 0.6) is 0 Å². The molecule has 2 N–H and O–H groups in total. The van der Waals surface area contributed by atoms with E-state index in [2.05, 4.69) is 9.80 Å². The van der Waals surface area contributed by atoms with E-state index in [1.54, 1.807) is 0 Å². The Morgan fingerprint density at radius 3 is 2.54 bits per heavy atom. The molecule has 0 bridgehead atoms. The second-order valence-corrected chi connectivity index (χ2v) is 9.87. The van der Waals surface area contributed by atoms with Gasteiger partial charge in [-0.3, -0.25) is 0 Å². The number of likely N-dealkylation sites (tertiary alicyclic amines) is 1. The van der Waals surface area contributed by atoms with Gasteiger partial charge in [-0.1, -0.05) is 12.8 Å². The Morgan fingerprint density at radius 2 is 1.71 bits per heavy atom. The summed E-state index contributed by atoms with van der Waals surface area (Å²) in [6, 6.07) is 0. The van der Waals surface area contributed by atoms with Crippen molar-refractivity contribution in [3.8, 4) is 0 Å². The quantitative estimate of drug-likeness (QED) is 0.854. The zero-order chi connectivity index (χ0) is 19.0. The average Bonchev–Trinajstić information content (AvgIpc) is 3.40. The lowest BCUT2D eigenvalue weighted by Crippen LogP contribution is -2.39. The van der Waals surface area contributed by atoms with Gasteiger partial charge < -0.3 is 15.5 Å². The summed E-state index contributed by atoms with van der Waals surface area (Å²) in [5, 5.41) is 0. The van der Waals surface area contributed by atoms with Crippen molar-refractivity contribution in [2.75, 3.05) is 43.4 Å². The highest BCUT2D eigenvalue weighted by Gasteiger charge is 2.42. The van der Waals surface area contributed by atoms with E-state index < -0.39 is 0 Å². The van der Waals surface area contributed by atoms with Gasteiger partial charge in [-0.25, -0.2) is 4.98 Å². The largest absolute Gasteiger partial charge is 0.368 e. The van der Waals surface area contributed by atoms with E-state index in [-0.39, 0.29) is 0 Å². The molecule has 0 radical (unpaired) electrons. The molecule has 154 valence electrons. The molecule has 5 heteroatoms. The lowest BCUT2D eigenvalue weighted by molar-refractivity contribution is 0.284. The molecule has 2 aliphatic heterocycles. The number of hydrogen-bond acceptors (Lipinski definition) is 5. The zero-order valence-electron chi connectivity index (χ0n) is 17.5. The summed E-state index contributed by atoms with van der Waals surface area (Å²) < 4.78 is 0. The van der Waals surface area contributed by atoms with Crippen LogP contribution in [0.25, 0.3) is 0 Å². The molecule has 2 saturated heterocycles. The van der Waals surface area contributed by atoms with E-state index in [9.17, 15) is 0 Å². The van der Waals surface area contributed by atoms with Crippen LogP contribution >= 0.6 is 0 Å². The molecule has 28 heavy (non-hydrogen) atoms. The Kier molecular flexibility index (Phi) is 5.20. The standard InChI is InChI=1S/C23H37N5/c24-22-25-20-19(8-5-12-23(20)10-1-2-11-23)21(26-22)28-15-6-7-18(17-28)9-16-27-13-3-4-14-27/h18H,1-17H2,(H2,24,25,26). The normalized spacial score (nSPS) is 27.4. The minimum Gasteiger partial charge on any atom is -0.368 e. The number of nitrogens with two attached hydrogens (primary N) is 1. The first-order chi connectivity index (χ1) is 13.7. The highest BCUT2D eigenvalue weighted by atomic mass is 15.2. The predicted molar refractivity (Wildman–Crippen MR) is 115 cm³/mol. The molecule has 5 nitrogen and oxygen atoms in total. The zero-order valence-corrected chi connectivity index (χ0v) is 17.5. The molecule has 3 heterocycles. The highest BCUT2D eigenvalue weighted by Crippen LogP contribution is 2.49. The van der Waals surface area contributed by atoms with Gasteiger partial charge in [0.1, 0.15) is 5.82 Å². The van der Waals surface area contributed by atoms with Crippen molar-refractivity contribution >= 4 is 11.8 Å². The molecule has 1 spiro atoms. The van der Waals surface area contributed by atoms with Crippen molar-refractivity contribution in [1.29, 1.82) is 0 Å². The summed E-state index contributed by atoms with van der Waals surface area (Å²) >= 11 is 0. The third-order valence-corrected chi connectivity index (χ3v) is 8.02. The summed E-state index contributed by atoms with van der Waals surface area (Å²) in [6.45, 7) is 6.20. The van der Waals surface area contributed by atoms with Gasteiger partial charge in [-0.2, -0.15) is 4.98 Å². The summed E-state index contributed by atoms with van der Waals surface area (Å²) in [5.41, 5.74) is 9.35. The Morgan fingerprint density at radius 1 is 0.929 bits per heavy atom. The lowest BCUT2D eigenvalue weighted by Gasteiger charge is -2.39. The Hall–Kier alpha value is -1.36. The molecule has 1 atom stereocenters. The van der Waals surface area contributed by atoms with Gasteiger partial charge in [-0.05, 0) is 89.8 Å². The average molecular weight is 384 g/mol. The molecule has 5 rings (SSSR count). The highest BCUT2D eigenvalue weighted by molar-refractivity contribution is 5.55. The summed E-state index contributed by atoms with van der Waals surface area (Å²) in [5.74, 6) is 2.49. The molecule has 4 aliphatic rings. The van der Waals surface area contributed by atoms with Crippen molar-refractivity contribution in [3.63, 3.8) is 0 Å². The second-order valence-electron chi connectivity index (χ2n) is 9.87. The Bertz CT molecular complexity index is 690. The van der Waals surface area contributed by atoms with Crippen LogP contribution < -0.4 is 10.6 Å². The number of fused-ring (bicyclic) bond motifs is 2. The minimum absolute atomic E-state index is 0.310. The van der Waals surface area contributed by atoms with Crippen LogP contribution in [0.3, 0.4) is 0 Å². The van der Waals surface area contributed by atoms with Gasteiger partial charge in [0.2, 0.25) is 5.95 Å². The number of nitrogens with zero attached hydrogens (tertiary/aromatic N) is 4. The van der Waals surface area contributed by atoms with Gasteiger partial charge >= 0.3 is 0 Å². The van der Waals surface area contributed by atoms with E-state index in [0.29, 0.717) is 11.4 Å². The van der Waals surface area contributed by atoms with Crippen LogP contribution in [0.4, 0.5) is 11.8 Å². The Balaban J connectivity index is 1.36. The fraction of sp³-hybridized carbons (Fsp3) is 0.826. The molecule has 0 aromatic carbocycles. The van der Waals surface area contributed by atoms with E-state index in [0.717, 1.165) is 25.4 Å². The molecule has 1 aromatic heterocycles. The van der Waals surface area contributed by atoms with E-state index in [1.165, 1.54) is 107 Å². The Labute approximate surface area is 170 Å². The molecular weight excluding hydrogens is 346 g/mol. The second kappa shape index (κ2) is 7.81. The molecule has 1 unspecified atom stereocenters. The van der Waals surface area contributed by atoms with Crippen LogP contribution in [0.1, 0.15) is 81.9 Å².